The second-order valence-corrected chi connectivity index (χ2v) is 5.15. The number of benzene rings is 1. The molecule has 4 nitrogen and oxygen atoms in total. The summed E-state index contributed by atoms with van der Waals surface area (Å²) in [7, 11) is 0. The van der Waals surface area contributed by atoms with Crippen LogP contribution < -0.4 is 11.1 Å². The van der Waals surface area contributed by atoms with Gasteiger partial charge in [-0.2, -0.15) is 5.26 Å². The topological polar surface area (TPSA) is 78.9 Å². The molecule has 0 fully saturated rings. The summed E-state index contributed by atoms with van der Waals surface area (Å²) in [6.45, 7) is 2.59. The highest BCUT2D eigenvalue weighted by Crippen LogP contribution is 2.20. The number of nitrogens with two attached hydrogens (primary N) is 1. The zero-order chi connectivity index (χ0) is 13.5. The van der Waals surface area contributed by atoms with Crippen molar-refractivity contribution in [2.75, 3.05) is 11.9 Å². The largest absolute Gasteiger partial charge is 0.330 e. The van der Waals surface area contributed by atoms with Crippen LogP contribution in [-0.4, -0.2) is 12.5 Å². The number of halogens is 1. The summed E-state index contributed by atoms with van der Waals surface area (Å²) in [5, 5.41) is 11.7. The zero-order valence-corrected chi connectivity index (χ0v) is 11.8. The summed E-state index contributed by atoms with van der Waals surface area (Å²) in [5.74, 6) is 0.241. The molecule has 0 saturated heterocycles. The van der Waals surface area contributed by atoms with Gasteiger partial charge in [0.05, 0.1) is 11.3 Å². The molecule has 1 aromatic rings. The van der Waals surface area contributed by atoms with E-state index in [9.17, 15) is 4.79 Å². The molecule has 0 radical (unpaired) electrons. The predicted octanol–water partition coefficient (Wildman–Crippen LogP) is 2.63. The number of nitriles is 1. The van der Waals surface area contributed by atoms with E-state index in [0.717, 1.165) is 10.9 Å². The molecule has 0 aliphatic heterocycles. The van der Waals surface area contributed by atoms with Gasteiger partial charge in [0.1, 0.15) is 6.07 Å². The van der Waals surface area contributed by atoms with Gasteiger partial charge in [-0.1, -0.05) is 22.9 Å². The average Bonchev–Trinajstić information content (AvgIpc) is 2.37. The van der Waals surface area contributed by atoms with Crippen molar-refractivity contribution in [3.63, 3.8) is 0 Å². The van der Waals surface area contributed by atoms with E-state index in [4.69, 9.17) is 11.0 Å². The quantitative estimate of drug-likeness (QED) is 0.877. The van der Waals surface area contributed by atoms with E-state index in [1.807, 2.05) is 6.92 Å². The van der Waals surface area contributed by atoms with Crippen LogP contribution in [0.1, 0.15) is 25.3 Å². The van der Waals surface area contributed by atoms with Gasteiger partial charge in [-0.05, 0) is 37.1 Å². The molecule has 1 atom stereocenters. The second-order valence-electron chi connectivity index (χ2n) is 4.23. The standard InChI is InChI=1S/C13H16BrN3O/c1-9(7-15)2-5-13(18)17-12-4-3-11(14)6-10(12)8-16/h3-4,6,9H,2,5,7,15H2,1H3,(H,17,18). The summed E-state index contributed by atoms with van der Waals surface area (Å²) in [5.41, 5.74) is 6.49. The number of hydrogen-bond acceptors (Lipinski definition) is 3. The molecule has 0 heterocycles. The first kappa shape index (κ1) is 14.7. The first-order valence-corrected chi connectivity index (χ1v) is 6.55. The van der Waals surface area contributed by atoms with E-state index >= 15 is 0 Å². The third-order valence-electron chi connectivity index (χ3n) is 2.64. The maximum atomic E-state index is 11.7. The Morgan fingerprint density at radius 1 is 1.61 bits per heavy atom. The van der Waals surface area contributed by atoms with Gasteiger partial charge in [0.25, 0.3) is 0 Å². The lowest BCUT2D eigenvalue weighted by Crippen LogP contribution is -2.16. The number of carbonyl (C=O) groups excluding carboxylic acids is 1. The minimum Gasteiger partial charge on any atom is -0.330 e. The Labute approximate surface area is 115 Å². The molecule has 1 rings (SSSR count). The monoisotopic (exact) mass is 309 g/mol. The molecule has 0 aliphatic carbocycles. The Morgan fingerprint density at radius 2 is 2.33 bits per heavy atom. The van der Waals surface area contributed by atoms with Gasteiger partial charge in [-0.3, -0.25) is 4.79 Å². The second kappa shape index (κ2) is 7.14. The van der Waals surface area contributed by atoms with E-state index in [2.05, 4.69) is 27.3 Å². The van der Waals surface area contributed by atoms with Crippen molar-refractivity contribution >= 4 is 27.5 Å². The number of carbonyl (C=O) groups is 1. The van der Waals surface area contributed by atoms with Crippen LogP contribution in [0.3, 0.4) is 0 Å². The van der Waals surface area contributed by atoms with Crippen LogP contribution in [0.4, 0.5) is 5.69 Å². The lowest BCUT2D eigenvalue weighted by atomic mass is 10.1. The highest BCUT2D eigenvalue weighted by Gasteiger charge is 2.09. The van der Waals surface area contributed by atoms with Gasteiger partial charge in [0, 0.05) is 10.9 Å². The van der Waals surface area contributed by atoms with Crippen LogP contribution in [-0.2, 0) is 4.79 Å². The zero-order valence-electron chi connectivity index (χ0n) is 10.2. The van der Waals surface area contributed by atoms with Crippen LogP contribution in [0.5, 0.6) is 0 Å². The van der Waals surface area contributed by atoms with Crippen molar-refractivity contribution in [3.05, 3.63) is 28.2 Å². The minimum atomic E-state index is -0.0888. The highest BCUT2D eigenvalue weighted by atomic mass is 79.9. The lowest BCUT2D eigenvalue weighted by molar-refractivity contribution is -0.116. The Morgan fingerprint density at radius 3 is 2.94 bits per heavy atom. The van der Waals surface area contributed by atoms with Crippen LogP contribution in [0.2, 0.25) is 0 Å². The molecule has 0 aromatic heterocycles. The van der Waals surface area contributed by atoms with Crippen molar-refractivity contribution in [2.24, 2.45) is 11.7 Å². The third-order valence-corrected chi connectivity index (χ3v) is 3.14. The van der Waals surface area contributed by atoms with Gasteiger partial charge in [-0.15, -0.1) is 0 Å². The van der Waals surface area contributed by atoms with Crippen LogP contribution in [0.15, 0.2) is 22.7 Å². The number of nitrogens with zero attached hydrogens (tertiary/aromatic N) is 1. The summed E-state index contributed by atoms with van der Waals surface area (Å²) in [4.78, 5) is 11.7. The van der Waals surface area contributed by atoms with Crippen molar-refractivity contribution in [1.82, 2.24) is 0 Å². The molecule has 0 saturated carbocycles. The average molecular weight is 310 g/mol. The normalized spacial score (nSPS) is 11.7. The smallest absolute Gasteiger partial charge is 0.224 e. The Kier molecular flexibility index (Phi) is 5.83. The van der Waals surface area contributed by atoms with Crippen LogP contribution in [0.25, 0.3) is 0 Å². The highest BCUT2D eigenvalue weighted by molar-refractivity contribution is 9.10. The number of nitrogens with one attached hydrogen (secondary N) is 1. The van der Waals surface area contributed by atoms with Crippen LogP contribution in [0, 0.1) is 17.2 Å². The number of amides is 1. The Bertz CT molecular complexity index is 468. The first-order chi connectivity index (χ1) is 8.56. The van der Waals surface area contributed by atoms with Gasteiger partial charge < -0.3 is 11.1 Å². The van der Waals surface area contributed by atoms with Gasteiger partial charge in [0.2, 0.25) is 5.91 Å². The predicted molar refractivity (Wildman–Crippen MR) is 74.9 cm³/mol. The molecule has 5 heteroatoms. The van der Waals surface area contributed by atoms with E-state index in [-0.39, 0.29) is 5.91 Å². The van der Waals surface area contributed by atoms with E-state index in [1.165, 1.54) is 0 Å². The molecular weight excluding hydrogens is 294 g/mol. The summed E-state index contributed by atoms with van der Waals surface area (Å²) in [6, 6.07) is 7.24. The fourth-order valence-corrected chi connectivity index (χ4v) is 1.79. The molecule has 1 unspecified atom stereocenters. The molecule has 3 N–H and O–H groups in total. The lowest BCUT2D eigenvalue weighted by Gasteiger charge is -2.09. The van der Waals surface area contributed by atoms with Crippen LogP contribution >= 0.6 is 15.9 Å². The molecule has 18 heavy (non-hydrogen) atoms. The number of hydrogen-bond donors (Lipinski definition) is 2. The molecule has 1 aromatic carbocycles. The van der Waals surface area contributed by atoms with Crippen molar-refractivity contribution < 1.29 is 4.79 Å². The fraction of sp³-hybridized carbons (Fsp3) is 0.385. The number of anilines is 1. The van der Waals surface area contributed by atoms with Crippen molar-refractivity contribution in [2.45, 2.75) is 19.8 Å². The molecule has 0 aliphatic rings. The maximum absolute atomic E-state index is 11.7. The molecule has 1 amide bonds. The van der Waals surface area contributed by atoms with Gasteiger partial charge in [-0.25, -0.2) is 0 Å². The minimum absolute atomic E-state index is 0.0888. The number of rotatable bonds is 5. The van der Waals surface area contributed by atoms with E-state index in [0.29, 0.717) is 30.1 Å². The van der Waals surface area contributed by atoms with Crippen molar-refractivity contribution in [1.29, 1.82) is 5.26 Å². The SMILES string of the molecule is CC(CN)CCC(=O)Nc1ccc(Br)cc1C#N. The Balaban J connectivity index is 2.62. The third kappa shape index (κ3) is 4.47. The molecule has 0 spiro atoms. The summed E-state index contributed by atoms with van der Waals surface area (Å²) in [6.07, 6.45) is 1.17. The molecule has 0 bridgehead atoms. The molecular formula is C13H16BrN3O. The van der Waals surface area contributed by atoms with Crippen molar-refractivity contribution in [3.8, 4) is 6.07 Å². The summed E-state index contributed by atoms with van der Waals surface area (Å²) < 4.78 is 0.814. The summed E-state index contributed by atoms with van der Waals surface area (Å²) >= 11 is 3.28. The van der Waals surface area contributed by atoms with Gasteiger partial charge >= 0.3 is 0 Å². The Hall–Kier alpha value is -1.38. The van der Waals surface area contributed by atoms with Gasteiger partial charge in [0.15, 0.2) is 0 Å². The van der Waals surface area contributed by atoms with E-state index < -0.39 is 0 Å². The fourth-order valence-electron chi connectivity index (χ4n) is 1.43. The maximum Gasteiger partial charge on any atom is 0.224 e. The first-order valence-electron chi connectivity index (χ1n) is 5.76. The molecule has 96 valence electrons. The van der Waals surface area contributed by atoms with E-state index in [1.54, 1.807) is 18.2 Å².